The Morgan fingerprint density at radius 1 is 0.893 bits per heavy atom. The Balaban J connectivity index is 1.72. The summed E-state index contributed by atoms with van der Waals surface area (Å²) >= 11 is 6.86. The average Bonchev–Trinajstić information content (AvgIpc) is 3.13. The maximum Gasteiger partial charge on any atom is 0.296 e. The number of hydrogen-bond donors (Lipinski definition) is 6. The Labute approximate surface area is 329 Å². The smallest absolute Gasteiger partial charge is 0.296 e. The zero-order valence-corrected chi connectivity index (χ0v) is 32.8. The van der Waals surface area contributed by atoms with Crippen LogP contribution in [0.1, 0.15) is 11.1 Å². The highest BCUT2D eigenvalue weighted by Crippen LogP contribution is 2.37. The Hall–Kier alpha value is -5.30. The standard InChI is InChI=1S/C30H30ClN11O10S4/c1-4-54(44,45)13-11-33-26-22(17-32)18(3)25(27(37-26)34-12-14-55(46,47)5-2)42-41-23-16-20(9-10-24(23)56(48,49)50)36-30-39-28(31)38-29(40-30)35-19-7-6-8-21(15-19)53-52-51-43/h4-10,15-16,43H,1-2,11-14H2,3H3,(H2,33,34,37)(H,48,49,50)(H2,35,36,38,39,40). The topological polar surface area (TPSA) is 310 Å². The van der Waals surface area contributed by atoms with E-state index < -0.39 is 46.1 Å². The minimum absolute atomic E-state index is 0.0131. The van der Waals surface area contributed by atoms with Gasteiger partial charge < -0.3 is 21.3 Å². The SMILES string of the molecule is C=CS(=O)(=O)CCNc1nc(NCCS(=O)(=O)C=C)c(N=Nc2cc(Nc3nc(Cl)nc(Nc4cccc(SOOO)c4)n3)ccc2S(=O)(=O)O)c(C)c1C#N. The van der Waals surface area contributed by atoms with Crippen molar-refractivity contribution in [1.29, 1.82) is 5.26 Å². The first-order valence-electron chi connectivity index (χ1n) is 15.3. The van der Waals surface area contributed by atoms with Crippen molar-refractivity contribution in [2.24, 2.45) is 10.2 Å². The normalized spacial score (nSPS) is 11.8. The molecule has 21 nitrogen and oxygen atoms in total. The third-order valence-corrected chi connectivity index (χ3v) is 11.2. The second-order valence-corrected chi connectivity index (χ2v) is 17.4. The molecule has 0 spiro atoms. The second-order valence-electron chi connectivity index (χ2n) is 10.8. The molecule has 2 aromatic heterocycles. The second kappa shape index (κ2) is 19.0. The van der Waals surface area contributed by atoms with E-state index in [2.05, 4.69) is 74.0 Å². The van der Waals surface area contributed by atoms with Gasteiger partial charge in [-0.15, -0.1) is 14.6 Å². The van der Waals surface area contributed by atoms with E-state index in [9.17, 15) is 35.1 Å². The van der Waals surface area contributed by atoms with Crippen molar-refractivity contribution in [2.45, 2.75) is 16.7 Å². The van der Waals surface area contributed by atoms with Gasteiger partial charge in [0.25, 0.3) is 10.1 Å². The van der Waals surface area contributed by atoms with Crippen molar-refractivity contribution in [2.75, 3.05) is 45.9 Å². The van der Waals surface area contributed by atoms with E-state index >= 15 is 0 Å². The van der Waals surface area contributed by atoms with Gasteiger partial charge in [-0.3, -0.25) is 4.55 Å². The zero-order chi connectivity index (χ0) is 41.1. The maximum atomic E-state index is 12.4. The number of azo groups is 1. The Morgan fingerprint density at radius 3 is 2.07 bits per heavy atom. The largest absolute Gasteiger partial charge is 0.368 e. The van der Waals surface area contributed by atoms with Gasteiger partial charge in [0.2, 0.25) is 17.2 Å². The lowest BCUT2D eigenvalue weighted by Crippen LogP contribution is -2.17. The van der Waals surface area contributed by atoms with Gasteiger partial charge in [-0.1, -0.05) is 24.3 Å². The van der Waals surface area contributed by atoms with Crippen molar-refractivity contribution in [3.05, 3.63) is 82.8 Å². The van der Waals surface area contributed by atoms with Crippen LogP contribution in [0.15, 0.2) is 86.5 Å². The summed E-state index contributed by atoms with van der Waals surface area (Å²) in [5.41, 5.74) is 0.131. The quantitative estimate of drug-likeness (QED) is 0.0206. The minimum atomic E-state index is -4.89. The van der Waals surface area contributed by atoms with E-state index in [-0.39, 0.29) is 70.2 Å². The fourth-order valence-corrected chi connectivity index (χ4v) is 6.68. The molecule has 0 amide bonds. The maximum absolute atomic E-state index is 12.4. The first-order chi connectivity index (χ1) is 26.5. The predicted octanol–water partition coefficient (Wildman–Crippen LogP) is 5.62. The molecule has 0 saturated carbocycles. The van der Waals surface area contributed by atoms with Crippen LogP contribution in [-0.2, 0) is 39.2 Å². The van der Waals surface area contributed by atoms with E-state index in [1.165, 1.54) is 19.1 Å². The molecule has 0 bridgehead atoms. The summed E-state index contributed by atoms with van der Waals surface area (Å²) in [4.78, 5) is 16.5. The van der Waals surface area contributed by atoms with Crippen molar-refractivity contribution in [3.8, 4) is 6.07 Å². The van der Waals surface area contributed by atoms with Gasteiger partial charge in [0.15, 0.2) is 25.5 Å². The van der Waals surface area contributed by atoms with Gasteiger partial charge in [0, 0.05) is 45.7 Å². The van der Waals surface area contributed by atoms with Crippen molar-refractivity contribution in [3.63, 3.8) is 0 Å². The van der Waals surface area contributed by atoms with Crippen molar-refractivity contribution < 1.29 is 44.4 Å². The van der Waals surface area contributed by atoms with Crippen LogP contribution in [0.3, 0.4) is 0 Å². The first kappa shape index (κ1) is 43.4. The van der Waals surface area contributed by atoms with Crippen LogP contribution in [0.5, 0.6) is 0 Å². The molecule has 0 fully saturated rings. The monoisotopic (exact) mass is 867 g/mol. The number of sulfone groups is 2. The molecule has 4 aromatic rings. The third-order valence-electron chi connectivity index (χ3n) is 7.00. The molecular formula is C30H30ClN11O10S4. The van der Waals surface area contributed by atoms with E-state index in [1.54, 1.807) is 24.3 Å². The van der Waals surface area contributed by atoms with Gasteiger partial charge in [0.05, 0.1) is 29.1 Å². The lowest BCUT2D eigenvalue weighted by molar-refractivity contribution is -0.432. The van der Waals surface area contributed by atoms with Crippen LogP contribution in [0, 0.1) is 18.3 Å². The van der Waals surface area contributed by atoms with Gasteiger partial charge in [-0.25, -0.2) is 27.1 Å². The van der Waals surface area contributed by atoms with E-state index in [4.69, 9.17) is 16.9 Å². The molecule has 0 unspecified atom stereocenters. The highest BCUT2D eigenvalue weighted by Gasteiger charge is 2.21. The number of hydrogen-bond acceptors (Lipinski definition) is 21. The van der Waals surface area contributed by atoms with Gasteiger partial charge >= 0.3 is 0 Å². The van der Waals surface area contributed by atoms with Crippen LogP contribution in [-0.4, -0.2) is 79.6 Å². The summed E-state index contributed by atoms with van der Waals surface area (Å²) in [6.45, 7) is 7.58. The minimum Gasteiger partial charge on any atom is -0.368 e. The number of halogens is 1. The van der Waals surface area contributed by atoms with E-state index in [0.29, 0.717) is 10.6 Å². The predicted molar refractivity (Wildman–Crippen MR) is 208 cm³/mol. The molecule has 2 aromatic carbocycles. The third kappa shape index (κ3) is 12.4. The summed E-state index contributed by atoms with van der Waals surface area (Å²) < 4.78 is 87.2. The molecule has 56 heavy (non-hydrogen) atoms. The van der Waals surface area contributed by atoms with E-state index in [1.807, 2.05) is 6.07 Å². The van der Waals surface area contributed by atoms with Gasteiger partial charge in [-0.05, 0) is 54.9 Å². The fraction of sp³-hybridized carbons (Fsp3) is 0.167. The number of aromatic nitrogens is 4. The summed E-state index contributed by atoms with van der Waals surface area (Å²) in [5, 5.41) is 42.9. The molecule has 0 aliphatic carbocycles. The molecule has 0 aliphatic rings. The summed E-state index contributed by atoms with van der Waals surface area (Å²) in [6, 6.07) is 12.0. The molecule has 0 atom stereocenters. The Bertz CT molecular complexity index is 2540. The van der Waals surface area contributed by atoms with Gasteiger partial charge in [-0.2, -0.15) is 28.6 Å². The van der Waals surface area contributed by atoms with Gasteiger partial charge in [0.1, 0.15) is 28.2 Å². The van der Waals surface area contributed by atoms with Crippen LogP contribution in [0.4, 0.5) is 46.3 Å². The summed E-state index contributed by atoms with van der Waals surface area (Å²) in [7, 11) is -12.2. The van der Waals surface area contributed by atoms with E-state index in [0.717, 1.165) is 28.9 Å². The molecule has 0 saturated heterocycles. The van der Waals surface area contributed by atoms with Crippen molar-refractivity contribution in [1.82, 2.24) is 19.9 Å². The van der Waals surface area contributed by atoms with Crippen LogP contribution < -0.4 is 21.3 Å². The highest BCUT2D eigenvalue weighted by molar-refractivity contribution is 7.94. The zero-order valence-electron chi connectivity index (χ0n) is 28.7. The number of nitrogens with zero attached hydrogens (tertiary/aromatic N) is 7. The lowest BCUT2D eigenvalue weighted by atomic mass is 10.1. The first-order valence-corrected chi connectivity index (χ1v) is 21.3. The molecule has 4 rings (SSSR count). The molecular weight excluding hydrogens is 838 g/mol. The number of nitrogens with one attached hydrogen (secondary N) is 4. The Kier molecular flexibility index (Phi) is 14.8. The number of nitriles is 1. The molecule has 0 radical (unpaired) electrons. The Morgan fingerprint density at radius 2 is 1.50 bits per heavy atom. The van der Waals surface area contributed by atoms with Crippen molar-refractivity contribution >= 4 is 99.7 Å². The van der Waals surface area contributed by atoms with Crippen LogP contribution in [0.25, 0.3) is 0 Å². The molecule has 6 N–H and O–H groups in total. The fourth-order valence-electron chi connectivity index (χ4n) is 4.39. The molecule has 26 heteroatoms. The lowest BCUT2D eigenvalue weighted by Gasteiger charge is -2.15. The molecule has 2 heterocycles. The number of rotatable bonds is 20. The van der Waals surface area contributed by atoms with Crippen LogP contribution in [0.2, 0.25) is 5.28 Å². The highest BCUT2D eigenvalue weighted by atomic mass is 35.5. The summed E-state index contributed by atoms with van der Waals surface area (Å²) in [5.74, 6) is -1.11. The molecule has 296 valence electrons. The molecule has 0 aliphatic heterocycles. The average molecular weight is 868 g/mol. The number of pyridine rings is 1. The number of anilines is 6. The summed E-state index contributed by atoms with van der Waals surface area (Å²) in [6.07, 6.45) is 0. The number of benzene rings is 2. The van der Waals surface area contributed by atoms with Crippen LogP contribution >= 0.6 is 23.6 Å².